The number of anilines is 1. The van der Waals surface area contributed by atoms with E-state index in [2.05, 4.69) is 22.3 Å². The fraction of sp³-hybridized carbons (Fsp3) is 0.316. The van der Waals surface area contributed by atoms with Gasteiger partial charge in [0.2, 0.25) is 5.91 Å². The van der Waals surface area contributed by atoms with Crippen molar-refractivity contribution in [2.75, 3.05) is 18.0 Å². The van der Waals surface area contributed by atoms with Gasteiger partial charge in [0.05, 0.1) is 12.5 Å². The van der Waals surface area contributed by atoms with Crippen molar-refractivity contribution < 1.29 is 14.3 Å². The van der Waals surface area contributed by atoms with Crippen molar-refractivity contribution in [2.45, 2.75) is 25.0 Å². The molecule has 0 aliphatic carbocycles. The number of aliphatic hydroxyl groups is 1. The number of carbonyl (C=O) groups excluding carboxylic acids is 1. The lowest BCUT2D eigenvalue weighted by Gasteiger charge is -2.19. The van der Waals surface area contributed by atoms with Gasteiger partial charge in [-0.05, 0) is 36.2 Å². The van der Waals surface area contributed by atoms with E-state index in [1.165, 1.54) is 18.2 Å². The molecule has 1 amide bonds. The summed E-state index contributed by atoms with van der Waals surface area (Å²) in [5.74, 6) is -0.632. The molecule has 0 spiro atoms. The van der Waals surface area contributed by atoms with Crippen LogP contribution in [0.15, 0.2) is 54.6 Å². The molecular weight excluding hydrogens is 307 g/mol. The molecule has 126 valence electrons. The van der Waals surface area contributed by atoms with Crippen LogP contribution in [0.2, 0.25) is 0 Å². The molecule has 0 saturated carbocycles. The van der Waals surface area contributed by atoms with Crippen molar-refractivity contribution in [1.82, 2.24) is 5.32 Å². The zero-order valence-corrected chi connectivity index (χ0v) is 13.4. The van der Waals surface area contributed by atoms with Gasteiger partial charge in [0.15, 0.2) is 0 Å². The second-order valence-corrected chi connectivity index (χ2v) is 6.11. The van der Waals surface area contributed by atoms with Crippen LogP contribution < -0.4 is 10.2 Å². The van der Waals surface area contributed by atoms with Gasteiger partial charge in [-0.25, -0.2) is 4.39 Å². The lowest BCUT2D eigenvalue weighted by atomic mass is 10.1. The summed E-state index contributed by atoms with van der Waals surface area (Å²) in [7, 11) is 0. The van der Waals surface area contributed by atoms with Crippen LogP contribution in [0.25, 0.3) is 0 Å². The number of nitrogens with zero attached hydrogens (tertiary/aromatic N) is 1. The maximum Gasteiger partial charge on any atom is 0.223 e. The number of benzene rings is 2. The average Bonchev–Trinajstić information content (AvgIpc) is 3.04. The zero-order valence-electron chi connectivity index (χ0n) is 13.4. The van der Waals surface area contributed by atoms with Gasteiger partial charge in [0.25, 0.3) is 0 Å². The van der Waals surface area contributed by atoms with Gasteiger partial charge in [-0.2, -0.15) is 0 Å². The first-order valence-electron chi connectivity index (χ1n) is 8.15. The quantitative estimate of drug-likeness (QED) is 0.887. The van der Waals surface area contributed by atoms with Crippen LogP contribution in [0.1, 0.15) is 24.5 Å². The highest BCUT2D eigenvalue weighted by molar-refractivity contribution is 5.77. The van der Waals surface area contributed by atoms with Crippen molar-refractivity contribution in [3.8, 4) is 0 Å². The van der Waals surface area contributed by atoms with E-state index < -0.39 is 11.9 Å². The Kier molecular flexibility index (Phi) is 5.11. The minimum Gasteiger partial charge on any atom is -0.388 e. The second-order valence-electron chi connectivity index (χ2n) is 6.11. The van der Waals surface area contributed by atoms with Crippen LogP contribution in [-0.2, 0) is 4.79 Å². The summed E-state index contributed by atoms with van der Waals surface area (Å²) in [4.78, 5) is 14.4. The summed E-state index contributed by atoms with van der Waals surface area (Å²) in [5, 5.41) is 13.0. The van der Waals surface area contributed by atoms with Gasteiger partial charge in [0.1, 0.15) is 5.82 Å². The van der Waals surface area contributed by atoms with E-state index in [4.69, 9.17) is 0 Å². The van der Waals surface area contributed by atoms with Crippen LogP contribution in [0.5, 0.6) is 0 Å². The summed E-state index contributed by atoms with van der Waals surface area (Å²) in [6.07, 6.45) is -0.186. The van der Waals surface area contributed by atoms with Gasteiger partial charge in [-0.15, -0.1) is 0 Å². The number of carbonyl (C=O) groups is 1. The van der Waals surface area contributed by atoms with E-state index in [1.807, 2.05) is 18.2 Å². The molecular formula is C19H21FN2O2. The van der Waals surface area contributed by atoms with Crippen LogP contribution in [-0.4, -0.2) is 30.1 Å². The van der Waals surface area contributed by atoms with Crippen molar-refractivity contribution >= 4 is 11.6 Å². The second kappa shape index (κ2) is 7.45. The molecule has 4 nitrogen and oxygen atoms in total. The highest BCUT2D eigenvalue weighted by atomic mass is 19.1. The van der Waals surface area contributed by atoms with Gasteiger partial charge < -0.3 is 15.3 Å². The molecule has 3 rings (SSSR count). The molecule has 0 bridgehead atoms. The summed E-state index contributed by atoms with van der Waals surface area (Å²) in [6.45, 7) is 1.65. The topological polar surface area (TPSA) is 52.6 Å². The minimum absolute atomic E-state index is 0.0642. The number of rotatable bonds is 5. The van der Waals surface area contributed by atoms with Crippen LogP contribution in [0, 0.1) is 5.82 Å². The highest BCUT2D eigenvalue weighted by Crippen LogP contribution is 2.21. The van der Waals surface area contributed by atoms with E-state index in [1.54, 1.807) is 6.07 Å². The molecule has 2 aromatic carbocycles. The van der Waals surface area contributed by atoms with Crippen LogP contribution in [0.3, 0.4) is 0 Å². The van der Waals surface area contributed by atoms with Gasteiger partial charge in [-0.3, -0.25) is 4.79 Å². The third-order valence-corrected chi connectivity index (χ3v) is 4.29. The molecule has 1 aliphatic heterocycles. The first-order chi connectivity index (χ1) is 11.6. The molecule has 1 aliphatic rings. The third-order valence-electron chi connectivity index (χ3n) is 4.29. The molecule has 24 heavy (non-hydrogen) atoms. The van der Waals surface area contributed by atoms with E-state index in [0.29, 0.717) is 5.56 Å². The third kappa shape index (κ3) is 4.11. The molecule has 1 saturated heterocycles. The van der Waals surface area contributed by atoms with E-state index in [0.717, 1.165) is 25.2 Å². The summed E-state index contributed by atoms with van der Waals surface area (Å²) in [6, 6.07) is 15.9. The van der Waals surface area contributed by atoms with Crippen molar-refractivity contribution in [3.63, 3.8) is 0 Å². The summed E-state index contributed by atoms with van der Waals surface area (Å²) in [5.41, 5.74) is 1.57. The van der Waals surface area contributed by atoms with E-state index in [-0.39, 0.29) is 18.4 Å². The molecule has 5 heteroatoms. The average molecular weight is 328 g/mol. The molecule has 0 aromatic heterocycles. The Morgan fingerprint density at radius 1 is 1.25 bits per heavy atom. The van der Waals surface area contributed by atoms with Crippen LogP contribution in [0.4, 0.5) is 10.1 Å². The number of halogens is 1. The summed E-state index contributed by atoms with van der Waals surface area (Å²) >= 11 is 0. The first kappa shape index (κ1) is 16.5. The number of amides is 1. The zero-order chi connectivity index (χ0) is 16.9. The maximum absolute atomic E-state index is 13.2. The molecule has 2 unspecified atom stereocenters. The van der Waals surface area contributed by atoms with Gasteiger partial charge in [-0.1, -0.05) is 30.3 Å². The van der Waals surface area contributed by atoms with E-state index in [9.17, 15) is 14.3 Å². The molecule has 1 fully saturated rings. The lowest BCUT2D eigenvalue weighted by Crippen LogP contribution is -2.37. The Balaban J connectivity index is 1.51. The van der Waals surface area contributed by atoms with Crippen LogP contribution >= 0.6 is 0 Å². The largest absolute Gasteiger partial charge is 0.388 e. The Hall–Kier alpha value is -2.40. The minimum atomic E-state index is -0.993. The number of hydrogen-bond acceptors (Lipinski definition) is 3. The first-order valence-corrected chi connectivity index (χ1v) is 8.15. The molecule has 1 heterocycles. The Morgan fingerprint density at radius 3 is 2.79 bits per heavy atom. The Morgan fingerprint density at radius 2 is 2.04 bits per heavy atom. The predicted octanol–water partition coefficient (Wildman–Crippen LogP) is 2.64. The smallest absolute Gasteiger partial charge is 0.223 e. The summed E-state index contributed by atoms with van der Waals surface area (Å²) < 4.78 is 13.2. The predicted molar refractivity (Wildman–Crippen MR) is 91.2 cm³/mol. The standard InChI is InChI=1S/C19H21FN2O2/c20-15-6-4-5-14(11-15)18(23)12-19(24)21-16-9-10-22(13-16)17-7-2-1-3-8-17/h1-8,11,16,18,23H,9-10,12-13H2,(H,21,24). The maximum atomic E-state index is 13.2. The Bertz CT molecular complexity index is 693. The SMILES string of the molecule is O=C(CC(O)c1cccc(F)c1)NC1CCN(c2ccccc2)C1. The molecule has 2 atom stereocenters. The van der Waals surface area contributed by atoms with E-state index >= 15 is 0 Å². The molecule has 2 N–H and O–H groups in total. The lowest BCUT2D eigenvalue weighted by molar-refractivity contribution is -0.123. The number of para-hydroxylation sites is 1. The van der Waals surface area contributed by atoms with Crippen molar-refractivity contribution in [2.24, 2.45) is 0 Å². The number of nitrogens with one attached hydrogen (secondary N) is 1. The highest BCUT2D eigenvalue weighted by Gasteiger charge is 2.24. The van der Waals surface area contributed by atoms with Gasteiger partial charge >= 0.3 is 0 Å². The normalized spacial score (nSPS) is 18.4. The van der Waals surface area contributed by atoms with Crippen molar-refractivity contribution in [1.29, 1.82) is 0 Å². The fourth-order valence-electron chi connectivity index (χ4n) is 3.05. The number of aliphatic hydroxyl groups excluding tert-OH is 1. The molecule has 0 radical (unpaired) electrons. The van der Waals surface area contributed by atoms with Gasteiger partial charge in [0, 0.05) is 24.8 Å². The monoisotopic (exact) mass is 328 g/mol. The molecule has 2 aromatic rings. The fourth-order valence-corrected chi connectivity index (χ4v) is 3.05. The Labute approximate surface area is 140 Å². The number of hydrogen-bond donors (Lipinski definition) is 2. The van der Waals surface area contributed by atoms with Crippen molar-refractivity contribution in [3.05, 3.63) is 66.0 Å².